The molecular formula is C18H20N2. The smallest absolute Gasteiger partial charge is 0.0366 e. The van der Waals surface area contributed by atoms with Crippen molar-refractivity contribution in [1.29, 1.82) is 0 Å². The first-order valence-electron chi connectivity index (χ1n) is 7.27. The molecule has 0 spiro atoms. The zero-order chi connectivity index (χ0) is 13.8. The van der Waals surface area contributed by atoms with Gasteiger partial charge in [-0.15, -0.1) is 0 Å². The first-order chi connectivity index (χ1) is 9.83. The molecule has 102 valence electrons. The van der Waals surface area contributed by atoms with Crippen LogP contribution in [-0.2, 0) is 0 Å². The van der Waals surface area contributed by atoms with Gasteiger partial charge in [0.25, 0.3) is 0 Å². The lowest BCUT2D eigenvalue weighted by Crippen LogP contribution is -2.17. The fraction of sp³-hybridized carbons (Fsp3) is 0.278. The summed E-state index contributed by atoms with van der Waals surface area (Å²) < 4.78 is 0. The molecule has 1 fully saturated rings. The third-order valence-corrected chi connectivity index (χ3v) is 3.88. The molecule has 0 aliphatic carbocycles. The number of aryl methyl sites for hydroxylation is 1. The normalized spacial score (nSPS) is 15.2. The molecule has 2 aromatic rings. The maximum Gasteiger partial charge on any atom is 0.0366 e. The zero-order valence-electron chi connectivity index (χ0n) is 11.9. The van der Waals surface area contributed by atoms with Crippen molar-refractivity contribution < 1.29 is 0 Å². The summed E-state index contributed by atoms with van der Waals surface area (Å²) in [5.41, 5.74) is 5.02. The first-order valence-corrected chi connectivity index (χ1v) is 7.27. The summed E-state index contributed by atoms with van der Waals surface area (Å²) in [4.78, 5) is 6.58. The van der Waals surface area contributed by atoms with Crippen molar-refractivity contribution in [1.82, 2.24) is 4.98 Å². The minimum absolute atomic E-state index is 1.20. The minimum atomic E-state index is 1.20. The number of aromatic nitrogens is 1. The van der Waals surface area contributed by atoms with Gasteiger partial charge in [-0.1, -0.05) is 24.3 Å². The van der Waals surface area contributed by atoms with Crippen LogP contribution in [0.1, 0.15) is 29.5 Å². The Morgan fingerprint density at radius 3 is 2.45 bits per heavy atom. The average molecular weight is 264 g/mol. The van der Waals surface area contributed by atoms with Gasteiger partial charge in [0, 0.05) is 31.2 Å². The van der Waals surface area contributed by atoms with E-state index in [1.54, 1.807) is 0 Å². The summed E-state index contributed by atoms with van der Waals surface area (Å²) in [5.74, 6) is 0. The van der Waals surface area contributed by atoms with Gasteiger partial charge in [-0.2, -0.15) is 0 Å². The Labute approximate surface area is 120 Å². The average Bonchev–Trinajstić information content (AvgIpc) is 3.01. The molecule has 1 aliphatic heterocycles. The first kappa shape index (κ1) is 12.9. The van der Waals surface area contributed by atoms with Crippen LogP contribution >= 0.6 is 0 Å². The van der Waals surface area contributed by atoms with Crippen molar-refractivity contribution in [3.8, 4) is 0 Å². The predicted molar refractivity (Wildman–Crippen MR) is 85.8 cm³/mol. The Balaban J connectivity index is 1.73. The molecule has 1 aromatic heterocycles. The molecule has 20 heavy (non-hydrogen) atoms. The van der Waals surface area contributed by atoms with Crippen molar-refractivity contribution in [2.24, 2.45) is 0 Å². The lowest BCUT2D eigenvalue weighted by molar-refractivity contribution is 0.949. The molecule has 0 N–H and O–H groups in total. The monoisotopic (exact) mass is 264 g/mol. The van der Waals surface area contributed by atoms with Crippen molar-refractivity contribution in [3.63, 3.8) is 0 Å². The van der Waals surface area contributed by atoms with Gasteiger partial charge in [0.1, 0.15) is 0 Å². The third-order valence-electron chi connectivity index (χ3n) is 3.88. The van der Waals surface area contributed by atoms with Gasteiger partial charge in [0.05, 0.1) is 0 Å². The molecule has 1 aliphatic rings. The lowest BCUT2D eigenvalue weighted by Gasteiger charge is -2.17. The van der Waals surface area contributed by atoms with Gasteiger partial charge >= 0.3 is 0 Å². The highest BCUT2D eigenvalue weighted by Gasteiger charge is 2.11. The van der Waals surface area contributed by atoms with Crippen LogP contribution in [0.5, 0.6) is 0 Å². The van der Waals surface area contributed by atoms with Crippen LogP contribution in [-0.4, -0.2) is 18.1 Å². The highest BCUT2D eigenvalue weighted by molar-refractivity contribution is 5.71. The SMILES string of the molecule is Cc1cnccc1/C=C/c1ccc(N2CCCC2)cc1. The Morgan fingerprint density at radius 1 is 1.00 bits per heavy atom. The second-order valence-corrected chi connectivity index (χ2v) is 5.35. The van der Waals surface area contributed by atoms with Gasteiger partial charge in [-0.3, -0.25) is 4.98 Å². The maximum atomic E-state index is 4.12. The van der Waals surface area contributed by atoms with E-state index in [1.165, 1.54) is 48.3 Å². The third kappa shape index (κ3) is 2.90. The summed E-state index contributed by atoms with van der Waals surface area (Å²) in [6, 6.07) is 10.9. The predicted octanol–water partition coefficient (Wildman–Crippen LogP) is 4.16. The van der Waals surface area contributed by atoms with Gasteiger partial charge < -0.3 is 4.90 Å². The fourth-order valence-corrected chi connectivity index (χ4v) is 2.63. The van der Waals surface area contributed by atoms with Gasteiger partial charge in [-0.25, -0.2) is 0 Å². The van der Waals surface area contributed by atoms with E-state index in [9.17, 15) is 0 Å². The molecule has 0 radical (unpaired) electrons. The molecule has 0 saturated carbocycles. The van der Waals surface area contributed by atoms with Crippen LogP contribution in [0, 0.1) is 6.92 Å². The quantitative estimate of drug-likeness (QED) is 0.827. The number of pyridine rings is 1. The van der Waals surface area contributed by atoms with Crippen LogP contribution in [0.4, 0.5) is 5.69 Å². The summed E-state index contributed by atoms with van der Waals surface area (Å²) in [6.07, 6.45) is 10.7. The maximum absolute atomic E-state index is 4.12. The molecule has 2 heterocycles. The summed E-state index contributed by atoms with van der Waals surface area (Å²) in [5, 5.41) is 0. The second-order valence-electron chi connectivity index (χ2n) is 5.35. The van der Waals surface area contributed by atoms with E-state index in [4.69, 9.17) is 0 Å². The van der Waals surface area contributed by atoms with E-state index in [-0.39, 0.29) is 0 Å². The van der Waals surface area contributed by atoms with E-state index in [0.717, 1.165) is 0 Å². The molecule has 0 atom stereocenters. The molecule has 1 saturated heterocycles. The number of nitrogens with zero attached hydrogens (tertiary/aromatic N) is 2. The largest absolute Gasteiger partial charge is 0.372 e. The summed E-state index contributed by atoms with van der Waals surface area (Å²) >= 11 is 0. The van der Waals surface area contributed by atoms with Crippen LogP contribution in [0.3, 0.4) is 0 Å². The van der Waals surface area contributed by atoms with E-state index in [2.05, 4.69) is 53.2 Å². The highest BCUT2D eigenvalue weighted by Crippen LogP contribution is 2.21. The molecular weight excluding hydrogens is 244 g/mol. The fourth-order valence-electron chi connectivity index (χ4n) is 2.63. The number of benzene rings is 1. The molecule has 0 bridgehead atoms. The standard InChI is InChI=1S/C18H20N2/c1-15-14-19-11-10-17(15)7-4-16-5-8-18(9-6-16)20-12-2-3-13-20/h4-11,14H,2-3,12-13H2,1H3/b7-4+. The lowest BCUT2D eigenvalue weighted by atomic mass is 10.1. The van der Waals surface area contributed by atoms with Gasteiger partial charge in [0.2, 0.25) is 0 Å². The second kappa shape index (κ2) is 5.91. The minimum Gasteiger partial charge on any atom is -0.372 e. The van der Waals surface area contributed by atoms with Crippen molar-refractivity contribution in [2.45, 2.75) is 19.8 Å². The van der Waals surface area contributed by atoms with E-state index < -0.39 is 0 Å². The number of rotatable bonds is 3. The van der Waals surface area contributed by atoms with Crippen LogP contribution < -0.4 is 4.90 Å². The molecule has 2 heteroatoms. The Kier molecular flexibility index (Phi) is 3.82. The van der Waals surface area contributed by atoms with Crippen LogP contribution in [0.25, 0.3) is 12.2 Å². The highest BCUT2D eigenvalue weighted by atomic mass is 15.1. The van der Waals surface area contributed by atoms with E-state index in [0.29, 0.717) is 0 Å². The van der Waals surface area contributed by atoms with Crippen molar-refractivity contribution in [3.05, 3.63) is 59.4 Å². The summed E-state index contributed by atoms with van der Waals surface area (Å²) in [7, 11) is 0. The molecule has 0 unspecified atom stereocenters. The number of hydrogen-bond acceptors (Lipinski definition) is 2. The van der Waals surface area contributed by atoms with Crippen LogP contribution in [0.15, 0.2) is 42.7 Å². The molecule has 1 aromatic carbocycles. The topological polar surface area (TPSA) is 16.1 Å². The molecule has 0 amide bonds. The van der Waals surface area contributed by atoms with Gasteiger partial charge in [-0.05, 0) is 54.7 Å². The number of anilines is 1. The molecule has 3 rings (SSSR count). The van der Waals surface area contributed by atoms with E-state index in [1.807, 2.05) is 18.5 Å². The number of hydrogen-bond donors (Lipinski definition) is 0. The van der Waals surface area contributed by atoms with Gasteiger partial charge in [0.15, 0.2) is 0 Å². The zero-order valence-corrected chi connectivity index (χ0v) is 11.9. The van der Waals surface area contributed by atoms with Crippen LogP contribution in [0.2, 0.25) is 0 Å². The van der Waals surface area contributed by atoms with Crippen molar-refractivity contribution in [2.75, 3.05) is 18.0 Å². The Bertz CT molecular complexity index is 593. The molecule has 2 nitrogen and oxygen atoms in total. The van der Waals surface area contributed by atoms with Crippen molar-refractivity contribution >= 4 is 17.8 Å². The van der Waals surface area contributed by atoms with E-state index >= 15 is 0 Å². The Morgan fingerprint density at radius 2 is 1.75 bits per heavy atom. The summed E-state index contributed by atoms with van der Waals surface area (Å²) in [6.45, 7) is 4.49. The Hall–Kier alpha value is -2.09.